The van der Waals surface area contributed by atoms with Gasteiger partial charge in [-0.25, -0.2) is 9.83 Å². The largest absolute Gasteiger partial charge is 0.324 e. The van der Waals surface area contributed by atoms with E-state index in [4.69, 9.17) is 18.2 Å². The topological polar surface area (TPSA) is 62.1 Å². The second-order valence-electron chi connectivity index (χ2n) is 4.77. The zero-order valence-corrected chi connectivity index (χ0v) is 12.6. The second kappa shape index (κ2) is 6.34. The van der Waals surface area contributed by atoms with Gasteiger partial charge in [-0.2, -0.15) is 0 Å². The molecule has 0 saturated carbocycles. The van der Waals surface area contributed by atoms with Gasteiger partial charge in [0, 0.05) is 10.6 Å². The summed E-state index contributed by atoms with van der Waals surface area (Å²) < 4.78 is 0. The van der Waals surface area contributed by atoms with E-state index in [2.05, 4.69) is 20.1 Å². The fourth-order valence-electron chi connectivity index (χ4n) is 2.08. The molecule has 0 saturated heterocycles. The maximum Gasteiger partial charge on any atom is 0.258 e. The maximum absolute atomic E-state index is 12.1. The molecule has 5 nitrogen and oxygen atoms in total. The third kappa shape index (κ3) is 3.39. The fourth-order valence-corrected chi connectivity index (χ4v) is 2.27. The first-order valence-corrected chi connectivity index (χ1v) is 7.13. The Labute approximate surface area is 137 Å². The summed E-state index contributed by atoms with van der Waals surface area (Å²) in [6.07, 6.45) is 1.61. The number of H-pyrrole nitrogens is 1. The van der Waals surface area contributed by atoms with E-state index >= 15 is 0 Å². The molecule has 1 aromatic heterocycles. The summed E-state index contributed by atoms with van der Waals surface area (Å²) in [5, 5.41) is 3.17. The van der Waals surface area contributed by atoms with Crippen molar-refractivity contribution in [2.24, 2.45) is 0 Å². The molecule has 0 aliphatic carbocycles. The zero-order chi connectivity index (χ0) is 16.2. The molecule has 1 heterocycles. The van der Waals surface area contributed by atoms with Gasteiger partial charge in [-0.15, -0.1) is 0 Å². The van der Waals surface area contributed by atoms with Crippen LogP contribution in [-0.2, 0) is 0 Å². The molecule has 0 fully saturated rings. The van der Waals surface area contributed by atoms with Gasteiger partial charge in [-0.1, -0.05) is 35.9 Å². The number of rotatable bonds is 3. The van der Waals surface area contributed by atoms with Crippen molar-refractivity contribution in [1.82, 2.24) is 9.97 Å². The number of carbonyl (C=O) groups excluding carboxylic acids is 1. The average molecular weight is 323 g/mol. The van der Waals surface area contributed by atoms with Crippen LogP contribution in [0.2, 0.25) is 5.02 Å². The first-order valence-electron chi connectivity index (χ1n) is 6.75. The molecular formula is C17H11ClN4O. The molecule has 1 amide bonds. The van der Waals surface area contributed by atoms with E-state index in [0.29, 0.717) is 22.2 Å². The number of halogens is 1. The van der Waals surface area contributed by atoms with Crippen LogP contribution in [0.5, 0.6) is 0 Å². The van der Waals surface area contributed by atoms with E-state index in [-0.39, 0.29) is 5.91 Å². The lowest BCUT2D eigenvalue weighted by Gasteiger charge is -2.02. The molecule has 0 radical (unpaired) electrons. The number of imidazole rings is 1. The van der Waals surface area contributed by atoms with E-state index in [0.717, 1.165) is 11.3 Å². The molecular weight excluding hydrogens is 312 g/mol. The number of aromatic nitrogens is 2. The van der Waals surface area contributed by atoms with Gasteiger partial charge in [0.05, 0.1) is 18.5 Å². The van der Waals surface area contributed by atoms with Crippen molar-refractivity contribution in [2.45, 2.75) is 0 Å². The van der Waals surface area contributed by atoms with E-state index in [1.165, 1.54) is 0 Å². The van der Waals surface area contributed by atoms with Crippen LogP contribution >= 0.6 is 11.6 Å². The molecule has 2 N–H and O–H groups in total. The predicted molar refractivity (Wildman–Crippen MR) is 89.7 cm³/mol. The Morgan fingerprint density at radius 1 is 1.22 bits per heavy atom. The van der Waals surface area contributed by atoms with Gasteiger partial charge in [0.25, 0.3) is 5.91 Å². The molecule has 0 bridgehead atoms. The first-order chi connectivity index (χ1) is 11.2. The van der Waals surface area contributed by atoms with Crippen molar-refractivity contribution < 1.29 is 4.79 Å². The highest BCUT2D eigenvalue weighted by Gasteiger charge is 2.10. The standard InChI is InChI=1S/C17H11ClN4O/c1-19-14-7-3-4-11(9-14)15-10-20-17(21-15)22-16(23)12-5-2-6-13(18)8-12/h2-10H,(H2,20,21,22,23). The number of benzene rings is 2. The molecule has 3 rings (SSSR count). The van der Waals surface area contributed by atoms with Crippen molar-refractivity contribution in [3.63, 3.8) is 0 Å². The highest BCUT2D eigenvalue weighted by atomic mass is 35.5. The van der Waals surface area contributed by atoms with Crippen molar-refractivity contribution in [2.75, 3.05) is 5.32 Å². The SMILES string of the molecule is [C-]#[N+]c1cccc(-c2cnc(NC(=O)c3cccc(Cl)c3)[nH]2)c1. The number of nitrogens with zero attached hydrogens (tertiary/aromatic N) is 2. The Hall–Kier alpha value is -3.10. The smallest absolute Gasteiger partial charge is 0.258 e. The molecule has 23 heavy (non-hydrogen) atoms. The lowest BCUT2D eigenvalue weighted by Crippen LogP contribution is -2.12. The number of anilines is 1. The van der Waals surface area contributed by atoms with Crippen LogP contribution in [0.1, 0.15) is 10.4 Å². The van der Waals surface area contributed by atoms with Gasteiger partial charge in [0.15, 0.2) is 5.69 Å². The maximum atomic E-state index is 12.1. The Morgan fingerprint density at radius 3 is 2.83 bits per heavy atom. The average Bonchev–Trinajstić information content (AvgIpc) is 3.03. The van der Waals surface area contributed by atoms with Crippen LogP contribution in [0, 0.1) is 6.57 Å². The molecule has 6 heteroatoms. The number of hydrogen-bond donors (Lipinski definition) is 2. The van der Waals surface area contributed by atoms with Gasteiger partial charge in [-0.05, 0) is 29.8 Å². The van der Waals surface area contributed by atoms with E-state index in [9.17, 15) is 4.79 Å². The van der Waals surface area contributed by atoms with Gasteiger partial charge >= 0.3 is 0 Å². The molecule has 2 aromatic carbocycles. The lowest BCUT2D eigenvalue weighted by molar-refractivity contribution is 0.102. The Bertz CT molecular complexity index is 911. The monoisotopic (exact) mass is 322 g/mol. The molecule has 112 valence electrons. The molecule has 3 aromatic rings. The van der Waals surface area contributed by atoms with Crippen molar-refractivity contribution in [1.29, 1.82) is 0 Å². The lowest BCUT2D eigenvalue weighted by atomic mass is 10.1. The summed E-state index contributed by atoms with van der Waals surface area (Å²) in [4.78, 5) is 22.7. The van der Waals surface area contributed by atoms with Gasteiger partial charge in [-0.3, -0.25) is 10.1 Å². The minimum absolute atomic E-state index is 0.302. The fraction of sp³-hybridized carbons (Fsp3) is 0. The minimum Gasteiger partial charge on any atom is -0.324 e. The van der Waals surface area contributed by atoms with E-state index < -0.39 is 0 Å². The quantitative estimate of drug-likeness (QED) is 0.696. The summed E-state index contributed by atoms with van der Waals surface area (Å²) in [5.41, 5.74) is 2.54. The third-order valence-electron chi connectivity index (χ3n) is 3.18. The summed E-state index contributed by atoms with van der Waals surface area (Å²) >= 11 is 5.88. The van der Waals surface area contributed by atoms with Gasteiger partial charge < -0.3 is 4.98 Å². The third-order valence-corrected chi connectivity index (χ3v) is 3.42. The summed E-state index contributed by atoms with van der Waals surface area (Å²) in [5.74, 6) is 0.0292. The number of aromatic amines is 1. The van der Waals surface area contributed by atoms with E-state index in [1.807, 2.05) is 6.07 Å². The molecule has 0 aliphatic heterocycles. The molecule has 0 spiro atoms. The van der Waals surface area contributed by atoms with Crippen LogP contribution in [0.15, 0.2) is 54.7 Å². The molecule has 0 atom stereocenters. The molecule has 0 unspecified atom stereocenters. The van der Waals surface area contributed by atoms with Crippen LogP contribution in [-0.4, -0.2) is 15.9 Å². The predicted octanol–water partition coefficient (Wildman–Crippen LogP) is 4.53. The number of amides is 1. The molecule has 0 aliphatic rings. The van der Waals surface area contributed by atoms with E-state index in [1.54, 1.807) is 48.7 Å². The number of carbonyl (C=O) groups is 1. The minimum atomic E-state index is -0.302. The van der Waals surface area contributed by atoms with Crippen LogP contribution in [0.4, 0.5) is 11.6 Å². The van der Waals surface area contributed by atoms with Crippen molar-refractivity contribution in [3.8, 4) is 11.3 Å². The first kappa shape index (κ1) is 14.8. The number of nitrogens with one attached hydrogen (secondary N) is 2. The summed E-state index contributed by atoms with van der Waals surface area (Å²) in [6.45, 7) is 7.04. The Morgan fingerprint density at radius 2 is 2.04 bits per heavy atom. The van der Waals surface area contributed by atoms with Crippen LogP contribution in [0.25, 0.3) is 16.1 Å². The normalized spacial score (nSPS) is 10.1. The zero-order valence-electron chi connectivity index (χ0n) is 11.9. The van der Waals surface area contributed by atoms with Crippen molar-refractivity contribution >= 4 is 29.1 Å². The number of hydrogen-bond acceptors (Lipinski definition) is 2. The summed E-state index contributed by atoms with van der Waals surface area (Å²) in [6, 6.07) is 13.8. The highest BCUT2D eigenvalue weighted by Crippen LogP contribution is 2.23. The summed E-state index contributed by atoms with van der Waals surface area (Å²) in [7, 11) is 0. The van der Waals surface area contributed by atoms with Gasteiger partial charge in [0.1, 0.15) is 0 Å². The van der Waals surface area contributed by atoms with Gasteiger partial charge in [0.2, 0.25) is 5.95 Å². The Balaban J connectivity index is 1.79. The Kier molecular flexibility index (Phi) is 4.09. The van der Waals surface area contributed by atoms with Crippen LogP contribution in [0.3, 0.4) is 0 Å². The van der Waals surface area contributed by atoms with Crippen LogP contribution < -0.4 is 5.32 Å². The highest BCUT2D eigenvalue weighted by molar-refractivity contribution is 6.31. The van der Waals surface area contributed by atoms with Crippen molar-refractivity contribution in [3.05, 3.63) is 76.7 Å². The second-order valence-corrected chi connectivity index (χ2v) is 5.21.